The van der Waals surface area contributed by atoms with Crippen molar-refractivity contribution in [3.8, 4) is 17.2 Å². The van der Waals surface area contributed by atoms with Crippen molar-refractivity contribution in [1.82, 2.24) is 4.90 Å². The number of nitrogens with zero attached hydrogens (tertiary/aromatic N) is 1. The van der Waals surface area contributed by atoms with Crippen LogP contribution in [0.2, 0.25) is 5.02 Å². The molecule has 1 N–H and O–H groups in total. The van der Waals surface area contributed by atoms with Crippen molar-refractivity contribution in [2.45, 2.75) is 0 Å². The van der Waals surface area contributed by atoms with Crippen LogP contribution in [0.25, 0.3) is 6.08 Å². The van der Waals surface area contributed by atoms with Gasteiger partial charge in [0.2, 0.25) is 0 Å². The zero-order valence-corrected chi connectivity index (χ0v) is 17.6. The molecule has 1 saturated heterocycles. The molecular formula is C20H19ClN2O5S. The lowest BCUT2D eigenvalue weighted by Crippen LogP contribution is -2.33. The van der Waals surface area contributed by atoms with Crippen LogP contribution in [-0.2, 0) is 4.79 Å². The maximum Gasteiger partial charge on any atom is 0.295 e. The van der Waals surface area contributed by atoms with Crippen molar-refractivity contribution in [2.75, 3.05) is 33.3 Å². The van der Waals surface area contributed by atoms with E-state index in [1.54, 1.807) is 49.6 Å². The number of methoxy groups -OCH3 is 3. The van der Waals surface area contributed by atoms with E-state index in [0.717, 1.165) is 16.7 Å². The number of amides is 2. The van der Waals surface area contributed by atoms with Crippen LogP contribution in [0.4, 0.5) is 10.5 Å². The van der Waals surface area contributed by atoms with E-state index in [0.29, 0.717) is 38.4 Å². The summed E-state index contributed by atoms with van der Waals surface area (Å²) >= 11 is 6.97. The summed E-state index contributed by atoms with van der Waals surface area (Å²) in [5.74, 6) is 1.34. The fraction of sp³-hybridized carbons (Fsp3) is 0.200. The Morgan fingerprint density at radius 2 is 1.76 bits per heavy atom. The number of hydrogen-bond acceptors (Lipinski definition) is 7. The Balaban J connectivity index is 1.76. The molecule has 2 aromatic rings. The zero-order valence-electron chi connectivity index (χ0n) is 16.0. The molecule has 1 heterocycles. The minimum atomic E-state index is -0.392. The van der Waals surface area contributed by atoms with Crippen LogP contribution < -0.4 is 19.5 Å². The molecule has 0 saturated carbocycles. The fourth-order valence-electron chi connectivity index (χ4n) is 2.68. The average molecular weight is 435 g/mol. The fourth-order valence-corrected chi connectivity index (χ4v) is 3.76. The van der Waals surface area contributed by atoms with Gasteiger partial charge < -0.3 is 19.5 Å². The van der Waals surface area contributed by atoms with Crippen molar-refractivity contribution in [3.05, 3.63) is 51.9 Å². The highest BCUT2D eigenvalue weighted by atomic mass is 35.5. The molecule has 1 fully saturated rings. The van der Waals surface area contributed by atoms with Crippen LogP contribution in [-0.4, -0.2) is 44.0 Å². The molecule has 7 nitrogen and oxygen atoms in total. The van der Waals surface area contributed by atoms with Gasteiger partial charge in [-0.3, -0.25) is 14.5 Å². The maximum absolute atomic E-state index is 12.7. The van der Waals surface area contributed by atoms with Gasteiger partial charge in [0.25, 0.3) is 11.1 Å². The smallest absolute Gasteiger partial charge is 0.295 e. The zero-order chi connectivity index (χ0) is 21.0. The van der Waals surface area contributed by atoms with Gasteiger partial charge in [-0.1, -0.05) is 11.6 Å². The molecule has 3 rings (SSSR count). The Morgan fingerprint density at radius 1 is 1.03 bits per heavy atom. The van der Waals surface area contributed by atoms with E-state index in [4.69, 9.17) is 25.8 Å². The Kier molecular flexibility index (Phi) is 6.56. The first-order chi connectivity index (χ1) is 14.0. The Bertz CT molecular complexity index is 979. The van der Waals surface area contributed by atoms with Gasteiger partial charge in [-0.05, 0) is 54.2 Å². The van der Waals surface area contributed by atoms with Crippen molar-refractivity contribution in [1.29, 1.82) is 0 Å². The summed E-state index contributed by atoms with van der Waals surface area (Å²) in [6.45, 7) is 0.0138. The molecule has 0 bridgehead atoms. The largest absolute Gasteiger partial charge is 0.497 e. The molecule has 0 unspecified atom stereocenters. The first-order valence-electron chi connectivity index (χ1n) is 8.51. The molecule has 2 aromatic carbocycles. The Morgan fingerprint density at radius 3 is 2.41 bits per heavy atom. The minimum absolute atomic E-state index is 0.0138. The van der Waals surface area contributed by atoms with Crippen LogP contribution >= 0.6 is 23.4 Å². The summed E-state index contributed by atoms with van der Waals surface area (Å²) in [6.07, 6.45) is 1.62. The molecule has 0 spiro atoms. The molecule has 0 radical (unpaired) electrons. The van der Waals surface area contributed by atoms with E-state index in [1.165, 1.54) is 14.2 Å². The molecular weight excluding hydrogens is 416 g/mol. The van der Waals surface area contributed by atoms with Gasteiger partial charge in [0, 0.05) is 11.3 Å². The molecule has 152 valence electrons. The highest BCUT2D eigenvalue weighted by Gasteiger charge is 2.35. The summed E-state index contributed by atoms with van der Waals surface area (Å²) in [7, 11) is 4.61. The van der Waals surface area contributed by atoms with Crippen LogP contribution in [0.3, 0.4) is 0 Å². The van der Waals surface area contributed by atoms with Crippen LogP contribution in [0.15, 0.2) is 41.3 Å². The monoisotopic (exact) mass is 434 g/mol. The molecule has 0 aromatic heterocycles. The molecule has 2 amide bonds. The highest BCUT2D eigenvalue weighted by Crippen LogP contribution is 2.35. The number of anilines is 1. The summed E-state index contributed by atoms with van der Waals surface area (Å²) in [5, 5.41) is 3.09. The third-order valence-electron chi connectivity index (χ3n) is 4.19. The molecule has 0 atom stereocenters. The number of thioether (sulfide) groups is 1. The second-order valence-electron chi connectivity index (χ2n) is 5.90. The van der Waals surface area contributed by atoms with Crippen molar-refractivity contribution in [2.24, 2.45) is 0 Å². The first kappa shape index (κ1) is 20.9. The number of hydrogen-bond donors (Lipinski definition) is 1. The number of carbonyl (C=O) groups excluding carboxylic acids is 2. The standard InChI is InChI=1S/C20H19ClN2O5S/c1-26-14-5-7-16(27-2)12(8-14)9-18-19(24)23(20(25)29-18)11-22-13-4-6-17(28-3)15(21)10-13/h4-10,22H,11H2,1-3H3/b18-9+. The van der Waals surface area contributed by atoms with Crippen molar-refractivity contribution >= 4 is 46.3 Å². The van der Waals surface area contributed by atoms with Gasteiger partial charge in [-0.2, -0.15) is 0 Å². The average Bonchev–Trinajstić information content (AvgIpc) is 2.99. The number of imide groups is 1. The van der Waals surface area contributed by atoms with Crippen LogP contribution in [0, 0.1) is 0 Å². The van der Waals surface area contributed by atoms with Gasteiger partial charge in [0.1, 0.15) is 17.2 Å². The second-order valence-corrected chi connectivity index (χ2v) is 7.30. The second kappa shape index (κ2) is 9.11. The lowest BCUT2D eigenvalue weighted by molar-refractivity contribution is -0.122. The molecule has 1 aliphatic heterocycles. The molecule has 1 aliphatic rings. The maximum atomic E-state index is 12.7. The molecule has 9 heteroatoms. The number of nitrogens with one attached hydrogen (secondary N) is 1. The minimum Gasteiger partial charge on any atom is -0.497 e. The van der Waals surface area contributed by atoms with E-state index in [9.17, 15) is 9.59 Å². The first-order valence-corrected chi connectivity index (χ1v) is 9.71. The number of rotatable bonds is 7. The molecule has 29 heavy (non-hydrogen) atoms. The van der Waals surface area contributed by atoms with Gasteiger partial charge >= 0.3 is 0 Å². The molecule has 0 aliphatic carbocycles. The van der Waals surface area contributed by atoms with Crippen LogP contribution in [0.1, 0.15) is 5.56 Å². The lowest BCUT2D eigenvalue weighted by Gasteiger charge is -2.15. The number of benzene rings is 2. The third-order valence-corrected chi connectivity index (χ3v) is 5.39. The quantitative estimate of drug-likeness (QED) is 0.644. The van der Waals surface area contributed by atoms with E-state index in [-0.39, 0.29) is 11.9 Å². The normalized spacial score (nSPS) is 15.0. The SMILES string of the molecule is COc1ccc(OC)c(/C=C2/SC(=O)N(CNc3ccc(OC)c(Cl)c3)C2=O)c1. The predicted octanol–water partition coefficient (Wildman–Crippen LogP) is 4.47. The summed E-state index contributed by atoms with van der Waals surface area (Å²) in [5.41, 5.74) is 1.31. The van der Waals surface area contributed by atoms with Gasteiger partial charge in [0.15, 0.2) is 0 Å². The van der Waals surface area contributed by atoms with Crippen molar-refractivity contribution < 1.29 is 23.8 Å². The highest BCUT2D eigenvalue weighted by molar-refractivity contribution is 8.18. The summed E-state index contributed by atoms with van der Waals surface area (Å²) < 4.78 is 15.7. The lowest BCUT2D eigenvalue weighted by atomic mass is 10.1. The van der Waals surface area contributed by atoms with Crippen molar-refractivity contribution in [3.63, 3.8) is 0 Å². The predicted molar refractivity (Wildman–Crippen MR) is 114 cm³/mol. The Labute approximate surface area is 177 Å². The summed E-state index contributed by atoms with van der Waals surface area (Å²) in [4.78, 5) is 26.5. The van der Waals surface area contributed by atoms with E-state index < -0.39 is 5.91 Å². The van der Waals surface area contributed by atoms with Gasteiger partial charge in [0.05, 0.1) is 37.9 Å². The topological polar surface area (TPSA) is 77.1 Å². The van der Waals surface area contributed by atoms with E-state index in [1.807, 2.05) is 0 Å². The third kappa shape index (κ3) is 4.60. The van der Waals surface area contributed by atoms with Gasteiger partial charge in [-0.15, -0.1) is 0 Å². The van der Waals surface area contributed by atoms with E-state index >= 15 is 0 Å². The van der Waals surface area contributed by atoms with E-state index in [2.05, 4.69) is 5.32 Å². The number of ether oxygens (including phenoxy) is 3. The van der Waals surface area contributed by atoms with Gasteiger partial charge in [-0.25, -0.2) is 0 Å². The summed E-state index contributed by atoms with van der Waals surface area (Å²) in [6, 6.07) is 10.4. The van der Waals surface area contributed by atoms with Crippen LogP contribution in [0.5, 0.6) is 17.2 Å². The Hall–Kier alpha value is -2.84. The number of halogens is 1. The number of carbonyl (C=O) groups is 2.